The topological polar surface area (TPSA) is 0 Å². The van der Waals surface area contributed by atoms with E-state index in [0.717, 1.165) is 0 Å². The van der Waals surface area contributed by atoms with Crippen LogP contribution < -0.4 is 0 Å². The van der Waals surface area contributed by atoms with Crippen LogP contribution in [0.3, 0.4) is 0 Å². The van der Waals surface area contributed by atoms with Crippen molar-refractivity contribution in [3.8, 4) is 0 Å². The average molecular weight is 237 g/mol. The molecule has 0 spiro atoms. The zero-order valence-corrected chi connectivity index (χ0v) is 9.77. The van der Waals surface area contributed by atoms with Crippen LogP contribution in [0.5, 0.6) is 0 Å². The molecule has 0 aromatic heterocycles. The maximum atomic E-state index is 3.66. The van der Waals surface area contributed by atoms with Gasteiger partial charge in [0.15, 0.2) is 0 Å². The van der Waals surface area contributed by atoms with Crippen molar-refractivity contribution in [2.75, 3.05) is 0 Å². The van der Waals surface area contributed by atoms with E-state index in [1.54, 1.807) is 0 Å². The molecule has 0 saturated carbocycles. The third-order valence-corrected chi connectivity index (χ3v) is 4.13. The Morgan fingerprint density at radius 2 is 1.77 bits per heavy atom. The van der Waals surface area contributed by atoms with Gasteiger partial charge < -0.3 is 0 Å². The maximum absolute atomic E-state index is 3.66. The molecule has 13 heavy (non-hydrogen) atoms. The second kappa shape index (κ2) is 2.71. The summed E-state index contributed by atoms with van der Waals surface area (Å²) in [6.45, 7) is 6.74. The quantitative estimate of drug-likeness (QED) is 0.637. The van der Waals surface area contributed by atoms with Crippen LogP contribution >= 0.6 is 15.9 Å². The Morgan fingerprint density at radius 3 is 2.38 bits per heavy atom. The van der Waals surface area contributed by atoms with Crippen LogP contribution in [-0.4, -0.2) is 0 Å². The van der Waals surface area contributed by atoms with E-state index >= 15 is 0 Å². The summed E-state index contributed by atoms with van der Waals surface area (Å²) in [7, 11) is 0. The lowest BCUT2D eigenvalue weighted by Gasteiger charge is -2.21. The zero-order chi connectivity index (χ0) is 9.64. The predicted octanol–water partition coefficient (Wildman–Crippen LogP) is 4.10. The molecule has 0 bridgehead atoms. The Labute approximate surface area is 87.8 Å². The SMILES string of the molecule is CC1=C(Br)c2ccccc2C1(C)C. The molecule has 0 atom stereocenters. The molecular formula is C12H13Br. The van der Waals surface area contributed by atoms with Crippen molar-refractivity contribution in [1.29, 1.82) is 0 Å². The van der Waals surface area contributed by atoms with E-state index in [0.29, 0.717) is 0 Å². The lowest BCUT2D eigenvalue weighted by Crippen LogP contribution is -2.15. The molecule has 0 nitrogen and oxygen atoms in total. The highest BCUT2D eigenvalue weighted by Gasteiger charge is 2.33. The fourth-order valence-corrected chi connectivity index (χ4v) is 2.74. The number of rotatable bonds is 0. The summed E-state index contributed by atoms with van der Waals surface area (Å²) in [4.78, 5) is 0. The minimum atomic E-state index is 0.190. The first-order valence-corrected chi connectivity index (χ1v) is 5.31. The normalized spacial score (nSPS) is 19.1. The van der Waals surface area contributed by atoms with E-state index in [1.165, 1.54) is 21.2 Å². The van der Waals surface area contributed by atoms with Gasteiger partial charge in [0.1, 0.15) is 0 Å². The molecule has 0 fully saturated rings. The lowest BCUT2D eigenvalue weighted by molar-refractivity contribution is 0.639. The Balaban J connectivity index is 2.74. The molecule has 0 radical (unpaired) electrons. The largest absolute Gasteiger partial charge is 0.0619 e. The van der Waals surface area contributed by atoms with Crippen molar-refractivity contribution in [1.82, 2.24) is 0 Å². The van der Waals surface area contributed by atoms with Gasteiger partial charge >= 0.3 is 0 Å². The van der Waals surface area contributed by atoms with Gasteiger partial charge in [-0.3, -0.25) is 0 Å². The van der Waals surface area contributed by atoms with Crippen molar-refractivity contribution < 1.29 is 0 Å². The monoisotopic (exact) mass is 236 g/mol. The first-order valence-electron chi connectivity index (χ1n) is 4.52. The molecule has 1 aliphatic rings. The Morgan fingerprint density at radius 1 is 1.15 bits per heavy atom. The fourth-order valence-electron chi connectivity index (χ4n) is 1.90. The zero-order valence-electron chi connectivity index (χ0n) is 8.19. The molecule has 0 aliphatic heterocycles. The second-order valence-corrected chi connectivity index (χ2v) is 4.90. The maximum Gasteiger partial charge on any atom is 0.0248 e. The van der Waals surface area contributed by atoms with Crippen LogP contribution in [0.15, 0.2) is 29.8 Å². The lowest BCUT2D eigenvalue weighted by atomic mass is 9.82. The number of hydrogen-bond donors (Lipinski definition) is 0. The summed E-state index contributed by atoms with van der Waals surface area (Å²) < 4.78 is 1.27. The molecule has 0 N–H and O–H groups in total. The highest BCUT2D eigenvalue weighted by molar-refractivity contribution is 9.15. The van der Waals surface area contributed by atoms with Crippen molar-refractivity contribution in [2.45, 2.75) is 26.2 Å². The molecular weight excluding hydrogens is 224 g/mol. The molecule has 1 aliphatic carbocycles. The van der Waals surface area contributed by atoms with E-state index in [1.807, 2.05) is 0 Å². The van der Waals surface area contributed by atoms with Crippen LogP contribution in [0, 0.1) is 0 Å². The van der Waals surface area contributed by atoms with E-state index in [2.05, 4.69) is 61.0 Å². The Bertz CT molecular complexity index is 386. The first-order chi connectivity index (χ1) is 6.05. The molecule has 68 valence electrons. The summed E-state index contributed by atoms with van der Waals surface area (Å²) in [5, 5.41) is 0. The molecule has 0 amide bonds. The van der Waals surface area contributed by atoms with Crippen LogP contribution in [-0.2, 0) is 5.41 Å². The molecule has 0 heterocycles. The van der Waals surface area contributed by atoms with Gasteiger partial charge in [-0.05, 0) is 23.6 Å². The van der Waals surface area contributed by atoms with Gasteiger partial charge in [-0.1, -0.05) is 54.0 Å². The average Bonchev–Trinajstić information content (AvgIpc) is 2.30. The number of allylic oxidation sites excluding steroid dienone is 1. The van der Waals surface area contributed by atoms with Crippen LogP contribution in [0.2, 0.25) is 0 Å². The van der Waals surface area contributed by atoms with Gasteiger partial charge in [0.25, 0.3) is 0 Å². The molecule has 1 aromatic carbocycles. The van der Waals surface area contributed by atoms with Gasteiger partial charge in [-0.2, -0.15) is 0 Å². The van der Waals surface area contributed by atoms with E-state index in [-0.39, 0.29) is 5.41 Å². The third-order valence-electron chi connectivity index (χ3n) is 3.10. The van der Waals surface area contributed by atoms with Crippen molar-refractivity contribution in [3.05, 3.63) is 41.0 Å². The van der Waals surface area contributed by atoms with Gasteiger partial charge in [-0.25, -0.2) is 0 Å². The van der Waals surface area contributed by atoms with E-state index in [4.69, 9.17) is 0 Å². The van der Waals surface area contributed by atoms with Gasteiger partial charge in [0.05, 0.1) is 0 Å². The van der Waals surface area contributed by atoms with E-state index < -0.39 is 0 Å². The Kier molecular flexibility index (Phi) is 1.88. The summed E-state index contributed by atoms with van der Waals surface area (Å²) in [5.41, 5.74) is 4.40. The molecule has 0 unspecified atom stereocenters. The van der Waals surface area contributed by atoms with Crippen LogP contribution in [0.25, 0.3) is 4.48 Å². The Hall–Kier alpha value is -0.560. The standard InChI is InChI=1S/C12H13Br/c1-8-11(13)9-6-4-5-7-10(9)12(8,2)3/h4-7H,1-3H3. The fraction of sp³-hybridized carbons (Fsp3) is 0.333. The highest BCUT2D eigenvalue weighted by atomic mass is 79.9. The predicted molar refractivity (Wildman–Crippen MR) is 61.0 cm³/mol. The molecule has 2 rings (SSSR count). The molecule has 0 saturated heterocycles. The summed E-state index contributed by atoms with van der Waals surface area (Å²) in [6.07, 6.45) is 0. The molecule has 1 heteroatoms. The van der Waals surface area contributed by atoms with Gasteiger partial charge in [0.2, 0.25) is 0 Å². The number of halogens is 1. The summed E-state index contributed by atoms with van der Waals surface area (Å²) in [5.74, 6) is 0. The minimum Gasteiger partial charge on any atom is -0.0619 e. The highest BCUT2D eigenvalue weighted by Crippen LogP contribution is 2.47. The van der Waals surface area contributed by atoms with Crippen LogP contribution in [0.4, 0.5) is 0 Å². The van der Waals surface area contributed by atoms with Crippen LogP contribution in [0.1, 0.15) is 31.9 Å². The third kappa shape index (κ3) is 1.10. The number of benzene rings is 1. The first kappa shape index (κ1) is 9.01. The van der Waals surface area contributed by atoms with Crippen molar-refractivity contribution in [2.24, 2.45) is 0 Å². The molecule has 1 aromatic rings. The summed E-state index contributed by atoms with van der Waals surface area (Å²) in [6, 6.07) is 8.60. The van der Waals surface area contributed by atoms with Gasteiger partial charge in [-0.15, -0.1) is 0 Å². The van der Waals surface area contributed by atoms with Crippen molar-refractivity contribution >= 4 is 20.4 Å². The van der Waals surface area contributed by atoms with Gasteiger partial charge in [0, 0.05) is 9.90 Å². The van der Waals surface area contributed by atoms with E-state index in [9.17, 15) is 0 Å². The van der Waals surface area contributed by atoms with Crippen molar-refractivity contribution in [3.63, 3.8) is 0 Å². The number of hydrogen-bond acceptors (Lipinski definition) is 0. The smallest absolute Gasteiger partial charge is 0.0248 e. The summed E-state index contributed by atoms with van der Waals surface area (Å²) >= 11 is 3.66. The number of fused-ring (bicyclic) bond motifs is 1. The minimum absolute atomic E-state index is 0.190. The second-order valence-electron chi connectivity index (χ2n) is 4.11.